The van der Waals surface area contributed by atoms with Crippen LogP contribution >= 0.6 is 0 Å². The second-order valence-corrected chi connectivity index (χ2v) is 4.54. The van der Waals surface area contributed by atoms with Crippen LogP contribution in [-0.4, -0.2) is 0 Å². The maximum Gasteiger partial charge on any atom is 0.0134 e. The van der Waals surface area contributed by atoms with Crippen LogP contribution in [0.5, 0.6) is 0 Å². The second-order valence-electron chi connectivity index (χ2n) is 4.54. The van der Waals surface area contributed by atoms with Crippen molar-refractivity contribution in [1.29, 1.82) is 0 Å². The van der Waals surface area contributed by atoms with Crippen molar-refractivity contribution in [2.45, 2.75) is 13.3 Å². The van der Waals surface area contributed by atoms with Crippen molar-refractivity contribution in [1.82, 2.24) is 0 Å². The SMILES string of the molecule is Cc1ccc(C2=C3[CH]C=CC=C3C=CC2)cc1. The van der Waals surface area contributed by atoms with Crippen molar-refractivity contribution in [3.05, 3.63) is 83.3 Å². The standard InChI is InChI=1S/C17H15/c1-13-9-11-15(12-10-13)17-8-4-6-14-5-2-3-7-16(14)17/h2-7,9-12H,8H2,1H3. The first-order chi connectivity index (χ1) is 8.34. The van der Waals surface area contributed by atoms with Gasteiger partial charge >= 0.3 is 0 Å². The molecule has 2 aliphatic rings. The van der Waals surface area contributed by atoms with Gasteiger partial charge < -0.3 is 0 Å². The van der Waals surface area contributed by atoms with Crippen LogP contribution in [0.1, 0.15) is 17.5 Å². The lowest BCUT2D eigenvalue weighted by atomic mass is 9.84. The molecule has 0 bridgehead atoms. The number of allylic oxidation sites excluding steroid dienone is 8. The van der Waals surface area contributed by atoms with E-state index >= 15 is 0 Å². The number of hydrogen-bond acceptors (Lipinski definition) is 0. The van der Waals surface area contributed by atoms with Crippen molar-refractivity contribution in [3.8, 4) is 0 Å². The summed E-state index contributed by atoms with van der Waals surface area (Å²) in [4.78, 5) is 0. The summed E-state index contributed by atoms with van der Waals surface area (Å²) in [6, 6.07) is 8.81. The van der Waals surface area contributed by atoms with Crippen LogP contribution in [0.2, 0.25) is 0 Å². The maximum absolute atomic E-state index is 2.25. The van der Waals surface area contributed by atoms with Crippen LogP contribution in [0.25, 0.3) is 5.57 Å². The first kappa shape index (κ1) is 10.3. The summed E-state index contributed by atoms with van der Waals surface area (Å²) >= 11 is 0. The lowest BCUT2D eigenvalue weighted by molar-refractivity contribution is 1.27. The molecule has 3 rings (SSSR count). The highest BCUT2D eigenvalue weighted by atomic mass is 14.2. The summed E-state index contributed by atoms with van der Waals surface area (Å²) in [6.45, 7) is 2.13. The average Bonchev–Trinajstić information content (AvgIpc) is 2.39. The predicted molar refractivity (Wildman–Crippen MR) is 73.4 cm³/mol. The summed E-state index contributed by atoms with van der Waals surface area (Å²) in [5.41, 5.74) is 6.79. The van der Waals surface area contributed by atoms with E-state index in [0.717, 1.165) is 6.42 Å². The minimum absolute atomic E-state index is 1.03. The van der Waals surface area contributed by atoms with Gasteiger partial charge in [-0.2, -0.15) is 0 Å². The van der Waals surface area contributed by atoms with E-state index in [0.29, 0.717) is 0 Å². The lowest BCUT2D eigenvalue weighted by Gasteiger charge is -2.20. The van der Waals surface area contributed by atoms with E-state index in [9.17, 15) is 0 Å². The van der Waals surface area contributed by atoms with E-state index < -0.39 is 0 Å². The van der Waals surface area contributed by atoms with E-state index in [1.54, 1.807) is 0 Å². The molecule has 0 N–H and O–H groups in total. The zero-order valence-electron chi connectivity index (χ0n) is 9.98. The van der Waals surface area contributed by atoms with Gasteiger partial charge in [0.25, 0.3) is 0 Å². The lowest BCUT2D eigenvalue weighted by Crippen LogP contribution is -2.01. The molecular weight excluding hydrogens is 204 g/mol. The van der Waals surface area contributed by atoms with Crippen LogP contribution in [0.15, 0.2) is 65.8 Å². The molecule has 0 heterocycles. The quantitative estimate of drug-likeness (QED) is 0.656. The fourth-order valence-electron chi connectivity index (χ4n) is 2.36. The number of aryl methyl sites for hydroxylation is 1. The zero-order chi connectivity index (χ0) is 11.7. The fraction of sp³-hybridized carbons (Fsp3) is 0.118. The first-order valence-corrected chi connectivity index (χ1v) is 6.03. The predicted octanol–water partition coefficient (Wildman–Crippen LogP) is 4.41. The average molecular weight is 219 g/mol. The van der Waals surface area contributed by atoms with Gasteiger partial charge in [0, 0.05) is 6.42 Å². The van der Waals surface area contributed by atoms with Crippen molar-refractivity contribution >= 4 is 5.57 Å². The van der Waals surface area contributed by atoms with Gasteiger partial charge in [0.15, 0.2) is 0 Å². The van der Waals surface area contributed by atoms with Gasteiger partial charge in [-0.05, 0) is 35.6 Å². The Morgan fingerprint density at radius 3 is 2.65 bits per heavy atom. The summed E-state index contributed by atoms with van der Waals surface area (Å²) in [5.74, 6) is 0. The third kappa shape index (κ3) is 1.91. The van der Waals surface area contributed by atoms with E-state index in [1.807, 2.05) is 0 Å². The molecule has 83 valence electrons. The highest BCUT2D eigenvalue weighted by Gasteiger charge is 2.15. The van der Waals surface area contributed by atoms with E-state index in [2.05, 4.69) is 68.0 Å². The summed E-state index contributed by atoms with van der Waals surface area (Å²) in [5, 5.41) is 0. The van der Waals surface area contributed by atoms with Gasteiger partial charge in [0.1, 0.15) is 0 Å². The van der Waals surface area contributed by atoms with Crippen molar-refractivity contribution in [2.75, 3.05) is 0 Å². The van der Waals surface area contributed by atoms with Crippen LogP contribution in [-0.2, 0) is 0 Å². The molecule has 0 aromatic heterocycles. The molecule has 0 atom stereocenters. The van der Waals surface area contributed by atoms with Crippen LogP contribution in [0, 0.1) is 13.3 Å². The topological polar surface area (TPSA) is 0 Å². The number of benzene rings is 1. The Bertz CT molecular complexity index is 548. The van der Waals surface area contributed by atoms with Gasteiger partial charge in [-0.15, -0.1) is 0 Å². The highest BCUT2D eigenvalue weighted by molar-refractivity contribution is 5.80. The number of rotatable bonds is 1. The minimum Gasteiger partial charge on any atom is -0.0795 e. The largest absolute Gasteiger partial charge is 0.0795 e. The van der Waals surface area contributed by atoms with Crippen LogP contribution in [0.3, 0.4) is 0 Å². The minimum atomic E-state index is 1.03. The molecule has 17 heavy (non-hydrogen) atoms. The van der Waals surface area contributed by atoms with Crippen LogP contribution in [0.4, 0.5) is 0 Å². The van der Waals surface area contributed by atoms with Crippen molar-refractivity contribution in [2.24, 2.45) is 0 Å². The molecule has 0 saturated heterocycles. The van der Waals surface area contributed by atoms with E-state index in [4.69, 9.17) is 0 Å². The summed E-state index contributed by atoms with van der Waals surface area (Å²) < 4.78 is 0. The molecule has 1 radical (unpaired) electrons. The van der Waals surface area contributed by atoms with Gasteiger partial charge in [0.05, 0.1) is 0 Å². The van der Waals surface area contributed by atoms with Gasteiger partial charge in [0.2, 0.25) is 0 Å². The normalized spacial score (nSPS) is 18.1. The van der Waals surface area contributed by atoms with Crippen molar-refractivity contribution < 1.29 is 0 Å². The molecule has 1 aromatic carbocycles. The van der Waals surface area contributed by atoms with E-state index in [1.165, 1.54) is 27.8 Å². The second kappa shape index (κ2) is 4.21. The van der Waals surface area contributed by atoms with Gasteiger partial charge in [-0.25, -0.2) is 0 Å². The Labute approximate surface area is 103 Å². The number of hydrogen-bond donors (Lipinski definition) is 0. The molecule has 0 amide bonds. The van der Waals surface area contributed by atoms with Gasteiger partial charge in [-0.3, -0.25) is 0 Å². The van der Waals surface area contributed by atoms with Crippen LogP contribution < -0.4 is 0 Å². The third-order valence-corrected chi connectivity index (χ3v) is 3.31. The molecular formula is C17H15. The molecule has 0 unspecified atom stereocenters. The maximum atomic E-state index is 2.25. The Kier molecular flexibility index (Phi) is 2.56. The first-order valence-electron chi connectivity index (χ1n) is 6.03. The molecule has 0 nitrogen and oxygen atoms in total. The smallest absolute Gasteiger partial charge is 0.0134 e. The Hall–Kier alpha value is -1.82. The Balaban J connectivity index is 2.08. The summed E-state index contributed by atoms with van der Waals surface area (Å²) in [7, 11) is 0. The third-order valence-electron chi connectivity index (χ3n) is 3.31. The van der Waals surface area contributed by atoms with Crippen molar-refractivity contribution in [3.63, 3.8) is 0 Å². The molecule has 1 aromatic rings. The Morgan fingerprint density at radius 1 is 1.00 bits per heavy atom. The van der Waals surface area contributed by atoms with Gasteiger partial charge in [-0.1, -0.05) is 60.2 Å². The highest BCUT2D eigenvalue weighted by Crippen LogP contribution is 2.35. The molecule has 0 fully saturated rings. The number of fused-ring (bicyclic) bond motifs is 1. The fourth-order valence-corrected chi connectivity index (χ4v) is 2.36. The molecule has 2 aliphatic carbocycles. The zero-order valence-corrected chi connectivity index (χ0v) is 9.98. The molecule has 0 heteroatoms. The van der Waals surface area contributed by atoms with E-state index in [-0.39, 0.29) is 0 Å². The molecule has 0 aliphatic heterocycles. The Morgan fingerprint density at radius 2 is 1.82 bits per heavy atom. The molecule has 0 spiro atoms. The summed E-state index contributed by atoms with van der Waals surface area (Å²) in [6.07, 6.45) is 14.1. The monoisotopic (exact) mass is 219 g/mol. The molecule has 0 saturated carbocycles.